The lowest BCUT2D eigenvalue weighted by Crippen LogP contribution is -2.42. The van der Waals surface area contributed by atoms with Gasteiger partial charge < -0.3 is 5.32 Å². The summed E-state index contributed by atoms with van der Waals surface area (Å²) in [5.74, 6) is 1.33. The lowest BCUT2D eigenvalue weighted by molar-refractivity contribution is 0.194. The molecular formula is C17H26FN. The topological polar surface area (TPSA) is 12.0 Å². The molecule has 0 amide bonds. The predicted octanol–water partition coefficient (Wildman–Crippen LogP) is 4.69. The Morgan fingerprint density at radius 1 is 1.11 bits per heavy atom. The average Bonchev–Trinajstić information content (AvgIpc) is 2.39. The van der Waals surface area contributed by atoms with Crippen LogP contribution in [0, 0.1) is 17.7 Å². The summed E-state index contributed by atoms with van der Waals surface area (Å²) in [7, 11) is 0. The van der Waals surface area contributed by atoms with Crippen LogP contribution in [-0.2, 0) is 0 Å². The molecule has 1 aliphatic rings. The van der Waals surface area contributed by atoms with E-state index < -0.39 is 0 Å². The Labute approximate surface area is 116 Å². The fourth-order valence-corrected chi connectivity index (χ4v) is 3.40. The van der Waals surface area contributed by atoms with E-state index in [0.717, 1.165) is 11.5 Å². The molecule has 0 spiro atoms. The van der Waals surface area contributed by atoms with Gasteiger partial charge in [-0.2, -0.15) is 0 Å². The van der Waals surface area contributed by atoms with Gasteiger partial charge >= 0.3 is 0 Å². The van der Waals surface area contributed by atoms with Gasteiger partial charge in [-0.15, -0.1) is 0 Å². The molecule has 2 heteroatoms. The summed E-state index contributed by atoms with van der Waals surface area (Å²) >= 11 is 0. The van der Waals surface area contributed by atoms with Gasteiger partial charge in [-0.25, -0.2) is 4.39 Å². The summed E-state index contributed by atoms with van der Waals surface area (Å²) in [6, 6.07) is 7.73. The Bertz CT molecular complexity index is 402. The summed E-state index contributed by atoms with van der Waals surface area (Å²) in [6.45, 7) is 6.68. The maximum atomic E-state index is 13.8. The summed E-state index contributed by atoms with van der Waals surface area (Å²) < 4.78 is 13.8. The van der Waals surface area contributed by atoms with Crippen molar-refractivity contribution in [1.82, 2.24) is 5.32 Å². The molecule has 1 aliphatic carbocycles. The van der Waals surface area contributed by atoms with Crippen LogP contribution in [0.2, 0.25) is 0 Å². The van der Waals surface area contributed by atoms with Gasteiger partial charge in [0.25, 0.3) is 0 Å². The molecule has 2 rings (SSSR count). The first-order valence-electron chi connectivity index (χ1n) is 7.60. The Hall–Kier alpha value is -0.890. The highest BCUT2D eigenvalue weighted by molar-refractivity contribution is 5.20. The third-order valence-corrected chi connectivity index (χ3v) is 4.51. The minimum absolute atomic E-state index is 0.0885. The molecule has 19 heavy (non-hydrogen) atoms. The first-order valence-corrected chi connectivity index (χ1v) is 7.60. The van der Waals surface area contributed by atoms with E-state index in [-0.39, 0.29) is 11.9 Å². The third-order valence-electron chi connectivity index (χ3n) is 4.51. The normalized spacial score (nSPS) is 25.5. The van der Waals surface area contributed by atoms with E-state index in [1.807, 2.05) is 12.1 Å². The summed E-state index contributed by atoms with van der Waals surface area (Å²) in [6.07, 6.45) is 5.17. The summed E-state index contributed by atoms with van der Waals surface area (Å²) in [5.41, 5.74) is 0.788. The largest absolute Gasteiger partial charge is 0.307 e. The van der Waals surface area contributed by atoms with E-state index in [1.165, 1.54) is 25.7 Å². The van der Waals surface area contributed by atoms with E-state index in [9.17, 15) is 4.39 Å². The summed E-state index contributed by atoms with van der Waals surface area (Å²) in [4.78, 5) is 0. The van der Waals surface area contributed by atoms with Crippen LogP contribution >= 0.6 is 0 Å². The van der Waals surface area contributed by atoms with Crippen molar-refractivity contribution >= 4 is 0 Å². The molecule has 0 bridgehead atoms. The molecule has 1 saturated carbocycles. The maximum absolute atomic E-state index is 13.8. The minimum Gasteiger partial charge on any atom is -0.307 e. The predicted molar refractivity (Wildman–Crippen MR) is 78.5 cm³/mol. The zero-order valence-corrected chi connectivity index (χ0v) is 12.3. The molecule has 106 valence electrons. The minimum atomic E-state index is -0.0978. The molecule has 1 aromatic carbocycles. The van der Waals surface area contributed by atoms with Crippen molar-refractivity contribution in [1.29, 1.82) is 0 Å². The van der Waals surface area contributed by atoms with Crippen LogP contribution in [0.3, 0.4) is 0 Å². The molecule has 1 N–H and O–H groups in total. The number of halogens is 1. The number of benzene rings is 1. The highest BCUT2D eigenvalue weighted by atomic mass is 19.1. The van der Waals surface area contributed by atoms with E-state index >= 15 is 0 Å². The molecule has 0 heterocycles. The molecule has 1 fully saturated rings. The first-order chi connectivity index (χ1) is 9.09. The van der Waals surface area contributed by atoms with Crippen molar-refractivity contribution in [2.75, 3.05) is 0 Å². The first kappa shape index (κ1) is 14.5. The molecule has 1 aromatic rings. The fourth-order valence-electron chi connectivity index (χ4n) is 3.40. The van der Waals surface area contributed by atoms with Crippen LogP contribution in [0.15, 0.2) is 24.3 Å². The van der Waals surface area contributed by atoms with Gasteiger partial charge in [0, 0.05) is 17.6 Å². The molecular weight excluding hydrogens is 237 g/mol. The Balaban J connectivity index is 2.05. The van der Waals surface area contributed by atoms with E-state index in [4.69, 9.17) is 0 Å². The summed E-state index contributed by atoms with van der Waals surface area (Å²) in [5, 5.41) is 3.67. The molecule has 0 radical (unpaired) electrons. The van der Waals surface area contributed by atoms with E-state index in [0.29, 0.717) is 12.0 Å². The van der Waals surface area contributed by atoms with Crippen LogP contribution in [0.1, 0.15) is 58.1 Å². The van der Waals surface area contributed by atoms with Crippen molar-refractivity contribution in [2.24, 2.45) is 11.8 Å². The molecule has 0 saturated heterocycles. The van der Waals surface area contributed by atoms with Crippen molar-refractivity contribution in [3.05, 3.63) is 35.6 Å². The number of nitrogens with one attached hydrogen (secondary N) is 1. The molecule has 1 nitrogen and oxygen atoms in total. The van der Waals surface area contributed by atoms with Gasteiger partial charge in [-0.1, -0.05) is 44.9 Å². The Kier molecular flexibility index (Phi) is 4.98. The standard InChI is InChI=1S/C17H26FN/c1-12(2)14-8-5-7-11-17(14)19-13(3)15-9-4-6-10-16(15)18/h4,6,9-10,12-14,17,19H,5,7-8,11H2,1-3H3/t13-,14?,17?/m1/s1. The lowest BCUT2D eigenvalue weighted by Gasteiger charge is -2.37. The van der Waals surface area contributed by atoms with Gasteiger partial charge in [0.05, 0.1) is 0 Å². The van der Waals surface area contributed by atoms with Crippen LogP contribution in [-0.4, -0.2) is 6.04 Å². The smallest absolute Gasteiger partial charge is 0.127 e. The second kappa shape index (κ2) is 6.51. The highest BCUT2D eigenvalue weighted by Crippen LogP contribution is 2.32. The second-order valence-electron chi connectivity index (χ2n) is 6.21. The lowest BCUT2D eigenvalue weighted by atomic mass is 9.77. The number of hydrogen-bond donors (Lipinski definition) is 1. The van der Waals surface area contributed by atoms with Gasteiger partial charge in [-0.05, 0) is 37.7 Å². The quantitative estimate of drug-likeness (QED) is 0.831. The Morgan fingerprint density at radius 2 is 1.79 bits per heavy atom. The zero-order valence-electron chi connectivity index (χ0n) is 12.3. The molecule has 2 unspecified atom stereocenters. The van der Waals surface area contributed by atoms with Crippen molar-refractivity contribution in [2.45, 2.75) is 58.5 Å². The average molecular weight is 263 g/mol. The SMILES string of the molecule is CC(C)C1CCCCC1N[C@H](C)c1ccccc1F. The van der Waals surface area contributed by atoms with E-state index in [1.54, 1.807) is 12.1 Å². The molecule has 3 atom stereocenters. The monoisotopic (exact) mass is 263 g/mol. The van der Waals surface area contributed by atoms with Gasteiger partial charge in [0.1, 0.15) is 5.82 Å². The maximum Gasteiger partial charge on any atom is 0.127 e. The van der Waals surface area contributed by atoms with E-state index in [2.05, 4.69) is 26.1 Å². The van der Waals surface area contributed by atoms with Crippen LogP contribution < -0.4 is 5.32 Å². The molecule has 0 aliphatic heterocycles. The van der Waals surface area contributed by atoms with Crippen LogP contribution in [0.5, 0.6) is 0 Å². The van der Waals surface area contributed by atoms with Gasteiger partial charge in [0.15, 0.2) is 0 Å². The fraction of sp³-hybridized carbons (Fsp3) is 0.647. The van der Waals surface area contributed by atoms with Crippen molar-refractivity contribution in [3.63, 3.8) is 0 Å². The van der Waals surface area contributed by atoms with Crippen molar-refractivity contribution < 1.29 is 4.39 Å². The van der Waals surface area contributed by atoms with Crippen LogP contribution in [0.4, 0.5) is 4.39 Å². The number of hydrogen-bond acceptors (Lipinski definition) is 1. The van der Waals surface area contributed by atoms with Gasteiger partial charge in [0.2, 0.25) is 0 Å². The number of rotatable bonds is 4. The molecule has 0 aromatic heterocycles. The second-order valence-corrected chi connectivity index (χ2v) is 6.21. The van der Waals surface area contributed by atoms with Gasteiger partial charge in [-0.3, -0.25) is 0 Å². The third kappa shape index (κ3) is 3.56. The highest BCUT2D eigenvalue weighted by Gasteiger charge is 2.28. The van der Waals surface area contributed by atoms with Crippen LogP contribution in [0.25, 0.3) is 0 Å². The Morgan fingerprint density at radius 3 is 2.47 bits per heavy atom. The zero-order chi connectivity index (χ0) is 13.8. The van der Waals surface area contributed by atoms with Crippen molar-refractivity contribution in [3.8, 4) is 0 Å².